The number of aromatic nitrogens is 2. The molecule has 0 radical (unpaired) electrons. The smallest absolute Gasteiger partial charge is 0.421 e. The van der Waals surface area contributed by atoms with Gasteiger partial charge in [0, 0.05) is 12.7 Å². The number of hydrogen-bond donors (Lipinski definition) is 0. The lowest BCUT2D eigenvalue weighted by atomic mass is 10.2. The van der Waals surface area contributed by atoms with Crippen molar-refractivity contribution in [2.24, 2.45) is 0 Å². The van der Waals surface area contributed by atoms with Gasteiger partial charge >= 0.3 is 5.76 Å². The zero-order valence-corrected chi connectivity index (χ0v) is 11.8. The van der Waals surface area contributed by atoms with Gasteiger partial charge in [-0.1, -0.05) is 17.7 Å². The zero-order chi connectivity index (χ0) is 14.7. The fourth-order valence-corrected chi connectivity index (χ4v) is 2.14. The molecule has 1 aromatic carbocycles. The molecule has 3 rings (SSSR count). The Kier molecular flexibility index (Phi) is 3.73. The zero-order valence-electron chi connectivity index (χ0n) is 11.8. The van der Waals surface area contributed by atoms with E-state index in [-0.39, 0.29) is 5.76 Å². The molecule has 0 atom stereocenters. The van der Waals surface area contributed by atoms with E-state index in [1.165, 1.54) is 10.1 Å². The first-order chi connectivity index (χ1) is 10.2. The van der Waals surface area contributed by atoms with Crippen molar-refractivity contribution in [3.8, 4) is 5.75 Å². The van der Waals surface area contributed by atoms with Crippen LogP contribution in [-0.4, -0.2) is 16.2 Å². The molecule has 5 nitrogen and oxygen atoms in total. The van der Waals surface area contributed by atoms with Gasteiger partial charge in [-0.05, 0) is 37.6 Å². The Labute approximate surface area is 121 Å². The van der Waals surface area contributed by atoms with Crippen molar-refractivity contribution in [3.05, 3.63) is 58.7 Å². The number of hydrogen-bond acceptors (Lipinski definition) is 4. The van der Waals surface area contributed by atoms with Crippen molar-refractivity contribution in [3.63, 3.8) is 0 Å². The average molecular weight is 284 g/mol. The third-order valence-electron chi connectivity index (χ3n) is 3.24. The van der Waals surface area contributed by atoms with Crippen molar-refractivity contribution in [1.82, 2.24) is 9.55 Å². The maximum Gasteiger partial charge on any atom is 0.421 e. The molecule has 0 bridgehead atoms. The van der Waals surface area contributed by atoms with Gasteiger partial charge in [0.2, 0.25) is 0 Å². The van der Waals surface area contributed by atoms with Crippen LogP contribution in [-0.2, 0) is 6.54 Å². The van der Waals surface area contributed by atoms with E-state index in [0.717, 1.165) is 5.75 Å². The number of fused-ring (bicyclic) bond motifs is 1. The monoisotopic (exact) mass is 284 g/mol. The van der Waals surface area contributed by atoms with Crippen LogP contribution in [0.15, 0.2) is 51.8 Å². The Morgan fingerprint density at radius 2 is 2.05 bits per heavy atom. The van der Waals surface area contributed by atoms with Crippen LogP contribution in [0.5, 0.6) is 5.75 Å². The molecule has 0 saturated heterocycles. The molecular formula is C16H16N2O3. The molecule has 0 aliphatic rings. The van der Waals surface area contributed by atoms with Crippen LogP contribution in [0.3, 0.4) is 0 Å². The van der Waals surface area contributed by atoms with Gasteiger partial charge in [0.1, 0.15) is 5.75 Å². The summed E-state index contributed by atoms with van der Waals surface area (Å²) < 4.78 is 12.3. The first-order valence-electron chi connectivity index (χ1n) is 6.88. The molecule has 5 heteroatoms. The average Bonchev–Trinajstić information content (AvgIpc) is 2.81. The first-order valence-corrected chi connectivity index (χ1v) is 6.88. The van der Waals surface area contributed by atoms with Gasteiger partial charge in [-0.25, -0.2) is 9.78 Å². The molecule has 0 aliphatic carbocycles. The van der Waals surface area contributed by atoms with Crippen molar-refractivity contribution in [1.29, 1.82) is 0 Å². The minimum atomic E-state index is -0.376. The molecule has 108 valence electrons. The van der Waals surface area contributed by atoms with Gasteiger partial charge in [0.25, 0.3) is 0 Å². The Morgan fingerprint density at radius 3 is 2.86 bits per heavy atom. The number of oxazole rings is 1. The Morgan fingerprint density at radius 1 is 1.24 bits per heavy atom. The van der Waals surface area contributed by atoms with Crippen molar-refractivity contribution in [2.45, 2.75) is 19.9 Å². The van der Waals surface area contributed by atoms with Crippen molar-refractivity contribution in [2.75, 3.05) is 6.61 Å². The minimum Gasteiger partial charge on any atom is -0.494 e. The summed E-state index contributed by atoms with van der Waals surface area (Å²) in [6.07, 6.45) is 2.36. The van der Waals surface area contributed by atoms with Crippen LogP contribution < -0.4 is 10.5 Å². The van der Waals surface area contributed by atoms with Crippen LogP contribution in [0.2, 0.25) is 0 Å². The Balaban J connectivity index is 1.61. The number of nitrogens with zero attached hydrogens (tertiary/aromatic N) is 2. The molecule has 0 fully saturated rings. The normalized spacial score (nSPS) is 10.9. The SMILES string of the molecule is Cc1ccc(OCCCn2c(=O)oc3cccnc32)cc1. The number of rotatable bonds is 5. The second-order valence-corrected chi connectivity index (χ2v) is 4.86. The van der Waals surface area contributed by atoms with Crippen molar-refractivity contribution < 1.29 is 9.15 Å². The molecule has 0 unspecified atom stereocenters. The van der Waals surface area contributed by atoms with E-state index in [1.54, 1.807) is 18.3 Å². The van der Waals surface area contributed by atoms with Crippen LogP contribution in [0.25, 0.3) is 11.2 Å². The van der Waals surface area contributed by atoms with E-state index < -0.39 is 0 Å². The van der Waals surface area contributed by atoms with Crippen LogP contribution in [0.4, 0.5) is 0 Å². The molecule has 0 amide bonds. The number of aryl methyl sites for hydroxylation is 2. The summed E-state index contributed by atoms with van der Waals surface area (Å²) in [6.45, 7) is 3.09. The number of pyridine rings is 1. The van der Waals surface area contributed by atoms with Gasteiger partial charge in [-0.2, -0.15) is 0 Å². The standard InChI is InChI=1S/C16H16N2O3/c1-12-5-7-13(8-6-12)20-11-3-10-18-15-14(21-16(18)19)4-2-9-17-15/h2,4-9H,3,10-11H2,1H3. The highest BCUT2D eigenvalue weighted by Crippen LogP contribution is 2.12. The first kappa shape index (κ1) is 13.4. The predicted octanol–water partition coefficient (Wildman–Crippen LogP) is 2.77. The van der Waals surface area contributed by atoms with Gasteiger partial charge in [-0.3, -0.25) is 4.57 Å². The van der Waals surface area contributed by atoms with E-state index in [4.69, 9.17) is 9.15 Å². The summed E-state index contributed by atoms with van der Waals surface area (Å²) in [6, 6.07) is 11.4. The highest BCUT2D eigenvalue weighted by Gasteiger charge is 2.09. The van der Waals surface area contributed by atoms with E-state index >= 15 is 0 Å². The molecule has 0 aliphatic heterocycles. The third kappa shape index (κ3) is 2.97. The lowest BCUT2D eigenvalue weighted by molar-refractivity contribution is 0.300. The van der Waals surface area contributed by atoms with Crippen LogP contribution >= 0.6 is 0 Å². The quantitative estimate of drug-likeness (QED) is 0.676. The van der Waals surface area contributed by atoms with Crippen LogP contribution in [0, 0.1) is 6.92 Å². The fraction of sp³-hybridized carbons (Fsp3) is 0.250. The topological polar surface area (TPSA) is 57.3 Å². The molecular weight excluding hydrogens is 268 g/mol. The Bertz CT molecular complexity index is 787. The maximum absolute atomic E-state index is 11.8. The van der Waals surface area contributed by atoms with Gasteiger partial charge in [0.15, 0.2) is 11.2 Å². The summed E-state index contributed by atoms with van der Waals surface area (Å²) in [4.78, 5) is 15.9. The van der Waals surface area contributed by atoms with Crippen LogP contribution in [0.1, 0.15) is 12.0 Å². The molecule has 3 aromatic rings. The lowest BCUT2D eigenvalue weighted by Gasteiger charge is -2.06. The van der Waals surface area contributed by atoms with Gasteiger partial charge < -0.3 is 9.15 Å². The fourth-order valence-electron chi connectivity index (χ4n) is 2.14. The predicted molar refractivity (Wildman–Crippen MR) is 79.6 cm³/mol. The summed E-state index contributed by atoms with van der Waals surface area (Å²) in [5.41, 5.74) is 2.30. The van der Waals surface area contributed by atoms with E-state index in [9.17, 15) is 4.79 Å². The summed E-state index contributed by atoms with van der Waals surface area (Å²) in [7, 11) is 0. The number of ether oxygens (including phenoxy) is 1. The minimum absolute atomic E-state index is 0.376. The van der Waals surface area contributed by atoms with Gasteiger partial charge in [0.05, 0.1) is 6.61 Å². The second kappa shape index (κ2) is 5.83. The molecule has 21 heavy (non-hydrogen) atoms. The van der Waals surface area contributed by atoms with Gasteiger partial charge in [-0.15, -0.1) is 0 Å². The maximum atomic E-state index is 11.8. The van der Waals surface area contributed by atoms with Crippen molar-refractivity contribution >= 4 is 11.2 Å². The third-order valence-corrected chi connectivity index (χ3v) is 3.24. The lowest BCUT2D eigenvalue weighted by Crippen LogP contribution is -2.16. The van der Waals surface area contributed by atoms with E-state index in [0.29, 0.717) is 30.8 Å². The van der Waals surface area contributed by atoms with E-state index in [1.807, 2.05) is 31.2 Å². The summed E-state index contributed by atoms with van der Waals surface area (Å²) >= 11 is 0. The van der Waals surface area contributed by atoms with E-state index in [2.05, 4.69) is 4.98 Å². The summed E-state index contributed by atoms with van der Waals surface area (Å²) in [5.74, 6) is 0.460. The molecule has 2 heterocycles. The summed E-state index contributed by atoms with van der Waals surface area (Å²) in [5, 5.41) is 0. The number of benzene rings is 1. The highest BCUT2D eigenvalue weighted by atomic mass is 16.5. The molecule has 2 aromatic heterocycles. The second-order valence-electron chi connectivity index (χ2n) is 4.86. The molecule has 0 spiro atoms. The Hall–Kier alpha value is -2.56. The highest BCUT2D eigenvalue weighted by molar-refractivity contribution is 5.67. The molecule has 0 N–H and O–H groups in total. The molecule has 0 saturated carbocycles. The largest absolute Gasteiger partial charge is 0.494 e.